The number of aromatic nitrogens is 1. The topological polar surface area (TPSA) is 78.8 Å². The number of ether oxygens (including phenoxy) is 1. The summed E-state index contributed by atoms with van der Waals surface area (Å²) in [5.41, 5.74) is 1.58. The minimum atomic E-state index is -0.879. The first-order valence-corrected chi connectivity index (χ1v) is 9.23. The van der Waals surface area contributed by atoms with Crippen LogP contribution in [-0.2, 0) is 4.79 Å². The second kappa shape index (κ2) is 7.94. The van der Waals surface area contributed by atoms with Crippen LogP contribution >= 0.6 is 0 Å². The summed E-state index contributed by atoms with van der Waals surface area (Å²) in [5, 5.41) is 0. The van der Waals surface area contributed by atoms with Crippen LogP contribution in [-0.4, -0.2) is 48.6 Å². The Morgan fingerprint density at radius 2 is 1.86 bits per heavy atom. The normalized spacial score (nSPS) is 14.4. The molecule has 0 atom stereocenters. The number of fused-ring (bicyclic) bond motifs is 1. The fourth-order valence-corrected chi connectivity index (χ4v) is 3.33. The third-order valence-corrected chi connectivity index (χ3v) is 4.88. The Morgan fingerprint density at radius 1 is 1.07 bits per heavy atom. The Hall–Kier alpha value is -3.36. The van der Waals surface area contributed by atoms with Crippen LogP contribution in [0.5, 0.6) is 5.75 Å². The van der Waals surface area contributed by atoms with Gasteiger partial charge in [0.05, 0.1) is 18.5 Å². The molecule has 1 aliphatic rings. The van der Waals surface area contributed by atoms with Crippen LogP contribution in [0.1, 0.15) is 6.42 Å². The number of aromatic amines is 1. The molecule has 2 heterocycles. The zero-order valence-corrected chi connectivity index (χ0v) is 15.5. The highest BCUT2D eigenvalue weighted by atomic mass is 19.2. The molecule has 0 bridgehead atoms. The van der Waals surface area contributed by atoms with E-state index < -0.39 is 17.4 Å². The van der Waals surface area contributed by atoms with Crippen molar-refractivity contribution in [3.05, 3.63) is 58.6 Å². The summed E-state index contributed by atoms with van der Waals surface area (Å²) >= 11 is 0. The van der Waals surface area contributed by atoms with Crippen LogP contribution in [0.4, 0.5) is 14.5 Å². The van der Waals surface area contributed by atoms with Crippen molar-refractivity contribution in [2.24, 2.45) is 0 Å². The van der Waals surface area contributed by atoms with Gasteiger partial charge in [-0.3, -0.25) is 9.78 Å². The summed E-state index contributed by atoms with van der Waals surface area (Å²) in [6.45, 7) is 2.28. The van der Waals surface area contributed by atoms with Crippen LogP contribution in [0.2, 0.25) is 0 Å². The summed E-state index contributed by atoms with van der Waals surface area (Å²) in [4.78, 5) is 29.8. The number of hydrogen-bond donors (Lipinski definition) is 1. The van der Waals surface area contributed by atoms with Crippen LogP contribution in [0.3, 0.4) is 0 Å². The Bertz CT molecular complexity index is 1090. The first kappa shape index (κ1) is 19.0. The molecule has 2 aromatic carbocycles. The summed E-state index contributed by atoms with van der Waals surface area (Å²) in [5.74, 6) is -1.81. The summed E-state index contributed by atoms with van der Waals surface area (Å²) in [6.07, 6.45) is 0.209. The fraction of sp³-hybridized carbons (Fsp3) is 0.300. The van der Waals surface area contributed by atoms with Crippen molar-refractivity contribution in [2.75, 3.05) is 37.7 Å². The SMILES string of the molecule is O=C(CCOc1ccc2[nH]c(=O)oc2c1)N1CCN(c2ccc(F)c(F)c2)CC1. The Morgan fingerprint density at radius 3 is 2.62 bits per heavy atom. The van der Waals surface area contributed by atoms with Crippen LogP contribution < -0.4 is 15.4 Å². The first-order valence-electron chi connectivity index (χ1n) is 9.23. The molecule has 0 unspecified atom stereocenters. The molecule has 0 radical (unpaired) electrons. The van der Waals surface area contributed by atoms with Crippen molar-refractivity contribution < 1.29 is 22.7 Å². The number of H-pyrrole nitrogens is 1. The quantitative estimate of drug-likeness (QED) is 0.708. The van der Waals surface area contributed by atoms with E-state index in [0.717, 1.165) is 6.07 Å². The van der Waals surface area contributed by atoms with Gasteiger partial charge >= 0.3 is 5.76 Å². The maximum atomic E-state index is 13.4. The molecule has 0 spiro atoms. The van der Waals surface area contributed by atoms with Gasteiger partial charge in [0.1, 0.15) is 5.75 Å². The van der Waals surface area contributed by atoms with E-state index in [1.807, 2.05) is 4.90 Å². The number of carbonyl (C=O) groups is 1. The second-order valence-electron chi connectivity index (χ2n) is 6.74. The van der Waals surface area contributed by atoms with Gasteiger partial charge in [0.25, 0.3) is 0 Å². The summed E-state index contributed by atoms with van der Waals surface area (Å²) in [7, 11) is 0. The highest BCUT2D eigenvalue weighted by molar-refractivity contribution is 5.77. The minimum absolute atomic E-state index is 0.0378. The van der Waals surface area contributed by atoms with E-state index in [2.05, 4.69) is 4.98 Å². The van der Waals surface area contributed by atoms with Gasteiger partial charge in [-0.1, -0.05) is 0 Å². The predicted molar refractivity (Wildman–Crippen MR) is 102 cm³/mol. The molecule has 0 saturated carbocycles. The average Bonchev–Trinajstić information content (AvgIpc) is 3.09. The number of oxazole rings is 1. The van der Waals surface area contributed by atoms with Crippen molar-refractivity contribution >= 4 is 22.7 Å². The summed E-state index contributed by atoms with van der Waals surface area (Å²) < 4.78 is 37.0. The number of anilines is 1. The van der Waals surface area contributed by atoms with Crippen molar-refractivity contribution in [3.8, 4) is 5.75 Å². The lowest BCUT2D eigenvalue weighted by atomic mass is 10.2. The largest absolute Gasteiger partial charge is 0.493 e. The van der Waals surface area contributed by atoms with Crippen molar-refractivity contribution in [1.82, 2.24) is 9.88 Å². The highest BCUT2D eigenvalue weighted by Gasteiger charge is 2.21. The first-order chi connectivity index (χ1) is 14.0. The molecular weight excluding hydrogens is 384 g/mol. The number of halogens is 2. The predicted octanol–water partition coefficient (Wildman–Crippen LogP) is 2.52. The second-order valence-corrected chi connectivity index (χ2v) is 6.74. The van der Waals surface area contributed by atoms with Gasteiger partial charge in [0.15, 0.2) is 17.2 Å². The van der Waals surface area contributed by atoms with Crippen molar-refractivity contribution in [2.45, 2.75) is 6.42 Å². The molecule has 3 aromatic rings. The van der Waals surface area contributed by atoms with Crippen molar-refractivity contribution in [1.29, 1.82) is 0 Å². The zero-order valence-electron chi connectivity index (χ0n) is 15.5. The molecule has 1 aromatic heterocycles. The molecule has 1 aliphatic heterocycles. The van der Waals surface area contributed by atoms with Gasteiger partial charge in [-0.25, -0.2) is 13.6 Å². The van der Waals surface area contributed by atoms with Crippen molar-refractivity contribution in [3.63, 3.8) is 0 Å². The zero-order chi connectivity index (χ0) is 20.4. The molecular formula is C20H19F2N3O4. The number of nitrogens with one attached hydrogen (secondary N) is 1. The average molecular weight is 403 g/mol. The number of hydrogen-bond acceptors (Lipinski definition) is 5. The van der Waals surface area contributed by atoms with E-state index >= 15 is 0 Å². The Balaban J connectivity index is 1.26. The number of amides is 1. The minimum Gasteiger partial charge on any atom is -0.493 e. The van der Waals surface area contributed by atoms with Gasteiger partial charge < -0.3 is 19.0 Å². The van der Waals surface area contributed by atoms with Gasteiger partial charge in [-0.2, -0.15) is 0 Å². The molecule has 0 aliphatic carbocycles. The fourth-order valence-electron chi connectivity index (χ4n) is 3.33. The highest BCUT2D eigenvalue weighted by Crippen LogP contribution is 2.20. The van der Waals surface area contributed by atoms with E-state index in [4.69, 9.17) is 9.15 Å². The van der Waals surface area contributed by atoms with Gasteiger partial charge in [-0.05, 0) is 24.3 Å². The molecule has 1 amide bonds. The molecule has 1 saturated heterocycles. The van der Waals surface area contributed by atoms with Crippen LogP contribution in [0.25, 0.3) is 11.1 Å². The van der Waals surface area contributed by atoms with E-state index in [1.54, 1.807) is 23.1 Å². The lowest BCUT2D eigenvalue weighted by Gasteiger charge is -2.36. The smallest absolute Gasteiger partial charge is 0.417 e. The van der Waals surface area contributed by atoms with Crippen LogP contribution in [0, 0.1) is 11.6 Å². The standard InChI is InChI=1S/C20H19F2N3O4/c21-15-3-1-13(11-16(15)22)24-6-8-25(9-7-24)19(26)5-10-28-14-2-4-17-18(12-14)29-20(27)23-17/h1-4,11-12H,5-10H2,(H,23,27). The lowest BCUT2D eigenvalue weighted by Crippen LogP contribution is -2.49. The number of nitrogens with zero attached hydrogens (tertiary/aromatic N) is 2. The van der Waals surface area contributed by atoms with Gasteiger partial charge in [0, 0.05) is 44.0 Å². The third kappa shape index (κ3) is 4.23. The molecule has 152 valence electrons. The molecule has 4 rings (SSSR count). The van der Waals surface area contributed by atoms with E-state index in [-0.39, 0.29) is 18.9 Å². The summed E-state index contributed by atoms with van der Waals surface area (Å²) in [6, 6.07) is 8.78. The maximum absolute atomic E-state index is 13.4. The van der Waals surface area contributed by atoms with Crippen LogP contribution in [0.15, 0.2) is 45.6 Å². The Kier molecular flexibility index (Phi) is 5.20. The number of carbonyl (C=O) groups excluding carboxylic acids is 1. The van der Waals surface area contributed by atoms with E-state index in [1.165, 1.54) is 12.1 Å². The molecule has 9 heteroatoms. The molecule has 7 nitrogen and oxygen atoms in total. The Labute approximate surface area is 164 Å². The monoisotopic (exact) mass is 403 g/mol. The third-order valence-electron chi connectivity index (χ3n) is 4.88. The van der Waals surface area contributed by atoms with E-state index in [9.17, 15) is 18.4 Å². The lowest BCUT2D eigenvalue weighted by molar-refractivity contribution is -0.132. The van der Waals surface area contributed by atoms with Gasteiger partial charge in [-0.15, -0.1) is 0 Å². The maximum Gasteiger partial charge on any atom is 0.417 e. The molecule has 1 N–H and O–H groups in total. The van der Waals surface area contributed by atoms with E-state index in [0.29, 0.717) is 48.7 Å². The molecule has 29 heavy (non-hydrogen) atoms. The molecule has 1 fully saturated rings. The number of piperazine rings is 1. The number of benzene rings is 2. The number of rotatable bonds is 5. The van der Waals surface area contributed by atoms with Gasteiger partial charge in [0.2, 0.25) is 5.91 Å².